The Morgan fingerprint density at radius 2 is 1.75 bits per heavy atom. The van der Waals surface area contributed by atoms with E-state index in [1.807, 2.05) is 6.07 Å². The number of ether oxygens (including phenoxy) is 6. The lowest BCUT2D eigenvalue weighted by Crippen LogP contribution is -2.35. The van der Waals surface area contributed by atoms with Crippen LogP contribution in [0.2, 0.25) is 0 Å². The lowest BCUT2D eigenvalue weighted by atomic mass is 9.87. The SMILES string of the molecule is COC1OC2c3cc4c(cc3CCN(C)C2c2ccc3c(c21)OCO3)OCO4. The molecule has 4 aliphatic heterocycles. The van der Waals surface area contributed by atoms with Crippen molar-refractivity contribution < 1.29 is 28.4 Å². The van der Waals surface area contributed by atoms with Crippen LogP contribution in [0.25, 0.3) is 0 Å². The van der Waals surface area contributed by atoms with Gasteiger partial charge < -0.3 is 28.4 Å². The summed E-state index contributed by atoms with van der Waals surface area (Å²) in [4.78, 5) is 2.34. The molecule has 4 aliphatic rings. The summed E-state index contributed by atoms with van der Waals surface area (Å²) in [7, 11) is 3.79. The Morgan fingerprint density at radius 1 is 0.964 bits per heavy atom. The van der Waals surface area contributed by atoms with Gasteiger partial charge in [-0.1, -0.05) is 6.07 Å². The maximum Gasteiger partial charge on any atom is 0.231 e. The highest BCUT2D eigenvalue weighted by atomic mass is 16.7. The fourth-order valence-corrected chi connectivity index (χ4v) is 4.75. The summed E-state index contributed by atoms with van der Waals surface area (Å²) >= 11 is 0. The van der Waals surface area contributed by atoms with Gasteiger partial charge >= 0.3 is 0 Å². The Bertz CT molecular complexity index is 960. The molecule has 6 rings (SSSR count). The van der Waals surface area contributed by atoms with E-state index in [-0.39, 0.29) is 25.7 Å². The van der Waals surface area contributed by atoms with Gasteiger partial charge in [0.15, 0.2) is 29.3 Å². The van der Waals surface area contributed by atoms with Crippen LogP contribution < -0.4 is 18.9 Å². The van der Waals surface area contributed by atoms with Crippen molar-refractivity contribution in [2.45, 2.75) is 24.9 Å². The van der Waals surface area contributed by atoms with Crippen molar-refractivity contribution in [2.24, 2.45) is 0 Å². The monoisotopic (exact) mass is 383 g/mol. The molecule has 0 fully saturated rings. The lowest BCUT2D eigenvalue weighted by molar-refractivity contribution is -0.190. The highest BCUT2D eigenvalue weighted by Crippen LogP contribution is 2.55. The minimum atomic E-state index is -0.530. The third kappa shape index (κ3) is 2.21. The van der Waals surface area contributed by atoms with Crippen molar-refractivity contribution in [3.05, 3.63) is 46.5 Å². The number of methoxy groups -OCH3 is 1. The number of likely N-dealkylation sites (N-methyl/N-ethyl adjacent to an activating group) is 1. The smallest absolute Gasteiger partial charge is 0.231 e. The molecular formula is C21H21NO6. The van der Waals surface area contributed by atoms with E-state index in [9.17, 15) is 0 Å². The summed E-state index contributed by atoms with van der Waals surface area (Å²) in [5, 5.41) is 0. The first kappa shape index (κ1) is 16.5. The molecule has 2 aromatic carbocycles. The molecule has 0 saturated carbocycles. The quantitative estimate of drug-likeness (QED) is 0.750. The zero-order valence-electron chi connectivity index (χ0n) is 15.8. The Labute approximate surface area is 162 Å². The minimum absolute atomic E-state index is 0.0394. The molecular weight excluding hydrogens is 362 g/mol. The molecule has 4 heterocycles. The van der Waals surface area contributed by atoms with Crippen LogP contribution in [-0.2, 0) is 15.9 Å². The third-order valence-corrected chi connectivity index (χ3v) is 6.09. The summed E-state index contributed by atoms with van der Waals surface area (Å²) in [6.45, 7) is 1.39. The molecule has 0 aromatic heterocycles. The highest BCUT2D eigenvalue weighted by Gasteiger charge is 2.44. The van der Waals surface area contributed by atoms with Crippen molar-refractivity contribution in [3.63, 3.8) is 0 Å². The fourth-order valence-electron chi connectivity index (χ4n) is 4.75. The van der Waals surface area contributed by atoms with Gasteiger partial charge in [0.1, 0.15) is 6.10 Å². The number of fused-ring (bicyclic) bond motifs is 8. The van der Waals surface area contributed by atoms with E-state index >= 15 is 0 Å². The zero-order chi connectivity index (χ0) is 18.8. The number of rotatable bonds is 1. The number of hydrogen-bond donors (Lipinski definition) is 0. The van der Waals surface area contributed by atoms with Crippen LogP contribution in [0.1, 0.15) is 40.7 Å². The van der Waals surface area contributed by atoms with Crippen molar-refractivity contribution in [1.82, 2.24) is 4.90 Å². The topological polar surface area (TPSA) is 58.6 Å². The first-order chi connectivity index (χ1) is 13.7. The van der Waals surface area contributed by atoms with Crippen LogP contribution in [0.5, 0.6) is 23.0 Å². The third-order valence-electron chi connectivity index (χ3n) is 6.09. The summed E-state index contributed by atoms with van der Waals surface area (Å²) in [5.41, 5.74) is 4.43. The first-order valence-electron chi connectivity index (χ1n) is 9.48. The Morgan fingerprint density at radius 3 is 2.61 bits per heavy atom. The van der Waals surface area contributed by atoms with Gasteiger partial charge in [0.05, 0.1) is 11.6 Å². The van der Waals surface area contributed by atoms with Gasteiger partial charge in [0, 0.05) is 13.7 Å². The molecule has 3 atom stereocenters. The van der Waals surface area contributed by atoms with E-state index in [1.54, 1.807) is 7.11 Å². The van der Waals surface area contributed by atoms with Crippen LogP contribution in [0, 0.1) is 0 Å². The van der Waals surface area contributed by atoms with Gasteiger partial charge in [-0.15, -0.1) is 0 Å². The molecule has 0 spiro atoms. The predicted octanol–water partition coefficient (Wildman–Crippen LogP) is 3.09. The normalized spacial score (nSPS) is 27.0. The zero-order valence-corrected chi connectivity index (χ0v) is 15.8. The van der Waals surface area contributed by atoms with Crippen molar-refractivity contribution in [2.75, 3.05) is 34.3 Å². The predicted molar refractivity (Wildman–Crippen MR) is 97.8 cm³/mol. The molecule has 28 heavy (non-hydrogen) atoms. The van der Waals surface area contributed by atoms with Crippen LogP contribution in [-0.4, -0.2) is 39.2 Å². The van der Waals surface area contributed by atoms with Gasteiger partial charge in [0.2, 0.25) is 13.6 Å². The maximum absolute atomic E-state index is 6.53. The Kier molecular flexibility index (Phi) is 3.53. The fraction of sp³-hybridized carbons (Fsp3) is 0.429. The van der Waals surface area contributed by atoms with Gasteiger partial charge in [-0.05, 0) is 48.4 Å². The molecule has 0 bridgehead atoms. The van der Waals surface area contributed by atoms with Crippen LogP contribution in [0.15, 0.2) is 24.3 Å². The summed E-state index contributed by atoms with van der Waals surface area (Å²) in [6.07, 6.45) is 0.198. The van der Waals surface area contributed by atoms with E-state index in [2.05, 4.69) is 30.1 Å². The van der Waals surface area contributed by atoms with E-state index in [4.69, 9.17) is 28.4 Å². The molecule has 146 valence electrons. The molecule has 0 saturated heterocycles. The van der Waals surface area contributed by atoms with Gasteiger partial charge in [-0.25, -0.2) is 0 Å². The Balaban J connectivity index is 1.54. The highest BCUT2D eigenvalue weighted by molar-refractivity contribution is 5.56. The van der Waals surface area contributed by atoms with E-state index in [0.29, 0.717) is 0 Å². The second kappa shape index (κ2) is 6.01. The minimum Gasteiger partial charge on any atom is -0.454 e. The van der Waals surface area contributed by atoms with Crippen LogP contribution in [0.4, 0.5) is 0 Å². The maximum atomic E-state index is 6.53. The molecule has 2 aromatic rings. The first-order valence-corrected chi connectivity index (χ1v) is 9.48. The number of benzene rings is 2. The molecule has 0 amide bonds. The Hall–Kier alpha value is -2.48. The van der Waals surface area contributed by atoms with Crippen LogP contribution >= 0.6 is 0 Å². The molecule has 0 aliphatic carbocycles. The average molecular weight is 383 g/mol. The molecule has 0 N–H and O–H groups in total. The molecule has 0 radical (unpaired) electrons. The van der Waals surface area contributed by atoms with E-state index < -0.39 is 6.29 Å². The second-order valence-electron chi connectivity index (χ2n) is 7.51. The van der Waals surface area contributed by atoms with E-state index in [1.165, 1.54) is 5.56 Å². The van der Waals surface area contributed by atoms with Gasteiger partial charge in [0.25, 0.3) is 0 Å². The summed E-state index contributed by atoms with van der Waals surface area (Å²) in [5.74, 6) is 3.05. The van der Waals surface area contributed by atoms with Crippen molar-refractivity contribution >= 4 is 0 Å². The molecule has 3 unspecified atom stereocenters. The van der Waals surface area contributed by atoms with Gasteiger partial charge in [-0.2, -0.15) is 0 Å². The second-order valence-corrected chi connectivity index (χ2v) is 7.51. The molecule has 7 nitrogen and oxygen atoms in total. The number of nitrogens with zero attached hydrogens (tertiary/aromatic N) is 1. The summed E-state index contributed by atoms with van der Waals surface area (Å²) in [6, 6.07) is 8.30. The summed E-state index contributed by atoms with van der Waals surface area (Å²) < 4.78 is 34.8. The average Bonchev–Trinajstić information content (AvgIpc) is 3.35. The lowest BCUT2D eigenvalue weighted by Gasteiger charge is -2.41. The molecule has 7 heteroatoms. The van der Waals surface area contributed by atoms with Crippen LogP contribution in [0.3, 0.4) is 0 Å². The number of hydrogen-bond acceptors (Lipinski definition) is 7. The standard InChI is InChI=1S/C21H21NO6/c1-22-6-5-11-7-15-16(26-9-25-15)8-13(11)19-18(22)12-3-4-14-20(27-10-24-14)17(12)21(23-2)28-19/h3-4,7-8,18-19,21H,5-6,9-10H2,1-2H3. The largest absolute Gasteiger partial charge is 0.454 e. The van der Waals surface area contributed by atoms with Gasteiger partial charge in [-0.3, -0.25) is 4.90 Å². The van der Waals surface area contributed by atoms with Crippen molar-refractivity contribution in [3.8, 4) is 23.0 Å². The van der Waals surface area contributed by atoms with E-state index in [0.717, 1.165) is 52.7 Å². The van der Waals surface area contributed by atoms with Crippen molar-refractivity contribution in [1.29, 1.82) is 0 Å².